The number of alkyl halides is 3. The summed E-state index contributed by atoms with van der Waals surface area (Å²) >= 11 is 5.81. The van der Waals surface area contributed by atoms with Crippen LogP contribution in [0.15, 0.2) is 18.2 Å². The molecule has 0 radical (unpaired) electrons. The minimum absolute atomic E-state index is 0.0408. The SMILES string of the molecule is O[C@H]1CC[C@@H](c2ccc(OC(F)(F)F)c(Cl)c2)CC1. The monoisotopic (exact) mass is 294 g/mol. The summed E-state index contributed by atoms with van der Waals surface area (Å²) in [5, 5.41) is 9.39. The van der Waals surface area contributed by atoms with Crippen LogP contribution in [0.2, 0.25) is 5.02 Å². The zero-order valence-electron chi connectivity index (χ0n) is 10.1. The molecular formula is C13H14ClF3O2. The highest BCUT2D eigenvalue weighted by Crippen LogP contribution is 2.37. The quantitative estimate of drug-likeness (QED) is 0.883. The predicted molar refractivity (Wildman–Crippen MR) is 65.4 cm³/mol. The van der Waals surface area contributed by atoms with E-state index in [1.807, 2.05) is 0 Å². The molecule has 0 saturated heterocycles. The Morgan fingerprint density at radius 2 is 1.79 bits per heavy atom. The fourth-order valence-corrected chi connectivity index (χ4v) is 2.62. The molecule has 2 nitrogen and oxygen atoms in total. The van der Waals surface area contributed by atoms with E-state index in [2.05, 4.69) is 4.74 Å². The van der Waals surface area contributed by atoms with E-state index < -0.39 is 6.36 Å². The lowest BCUT2D eigenvalue weighted by Crippen LogP contribution is -2.18. The number of benzene rings is 1. The lowest BCUT2D eigenvalue weighted by molar-refractivity contribution is -0.274. The Hall–Kier alpha value is -0.940. The lowest BCUT2D eigenvalue weighted by atomic mass is 9.83. The number of halogens is 4. The van der Waals surface area contributed by atoms with Gasteiger partial charge in [0.1, 0.15) is 5.75 Å². The van der Waals surface area contributed by atoms with Crippen molar-refractivity contribution in [2.24, 2.45) is 0 Å². The largest absolute Gasteiger partial charge is 0.573 e. The van der Waals surface area contributed by atoms with E-state index in [1.54, 1.807) is 6.07 Å². The van der Waals surface area contributed by atoms with Crippen LogP contribution in [0.3, 0.4) is 0 Å². The van der Waals surface area contributed by atoms with Gasteiger partial charge < -0.3 is 9.84 Å². The maximum atomic E-state index is 12.1. The first-order valence-corrected chi connectivity index (χ1v) is 6.46. The van der Waals surface area contributed by atoms with Gasteiger partial charge in [0.2, 0.25) is 0 Å². The van der Waals surface area contributed by atoms with Crippen molar-refractivity contribution in [3.8, 4) is 5.75 Å². The molecule has 1 aliphatic carbocycles. The van der Waals surface area contributed by atoms with Gasteiger partial charge in [0.15, 0.2) is 0 Å². The summed E-state index contributed by atoms with van der Waals surface area (Å²) in [6.07, 6.45) is -1.94. The molecule has 0 bridgehead atoms. The zero-order valence-corrected chi connectivity index (χ0v) is 10.8. The van der Waals surface area contributed by atoms with Crippen molar-refractivity contribution in [3.05, 3.63) is 28.8 Å². The number of hydrogen-bond donors (Lipinski definition) is 1. The van der Waals surface area contributed by atoms with Crippen LogP contribution < -0.4 is 4.74 Å². The first-order valence-electron chi connectivity index (χ1n) is 6.08. The summed E-state index contributed by atoms with van der Waals surface area (Å²) in [6, 6.07) is 4.37. The number of hydrogen-bond acceptors (Lipinski definition) is 2. The molecule has 0 atom stereocenters. The van der Waals surface area contributed by atoms with Gasteiger partial charge in [-0.1, -0.05) is 17.7 Å². The maximum Gasteiger partial charge on any atom is 0.573 e. The Balaban J connectivity index is 2.10. The Bertz CT molecular complexity index is 440. The summed E-state index contributed by atoms with van der Waals surface area (Å²) < 4.78 is 40.2. The van der Waals surface area contributed by atoms with Gasteiger partial charge in [-0.25, -0.2) is 0 Å². The van der Waals surface area contributed by atoms with Crippen LogP contribution >= 0.6 is 11.6 Å². The van der Waals surface area contributed by atoms with E-state index in [4.69, 9.17) is 11.6 Å². The highest BCUT2D eigenvalue weighted by molar-refractivity contribution is 6.32. The average Bonchev–Trinajstić information content (AvgIpc) is 2.31. The molecule has 0 aromatic heterocycles. The minimum atomic E-state index is -4.74. The Labute approximate surface area is 114 Å². The van der Waals surface area contributed by atoms with Crippen LogP contribution in [-0.2, 0) is 0 Å². The zero-order chi connectivity index (χ0) is 14.0. The molecule has 1 aromatic rings. The maximum absolute atomic E-state index is 12.1. The topological polar surface area (TPSA) is 29.5 Å². The van der Waals surface area contributed by atoms with E-state index in [-0.39, 0.29) is 22.8 Å². The van der Waals surface area contributed by atoms with Crippen molar-refractivity contribution < 1.29 is 23.0 Å². The Morgan fingerprint density at radius 1 is 1.16 bits per heavy atom. The van der Waals surface area contributed by atoms with Crippen molar-refractivity contribution in [1.82, 2.24) is 0 Å². The second kappa shape index (κ2) is 5.59. The molecule has 6 heteroatoms. The third-order valence-electron chi connectivity index (χ3n) is 3.35. The summed E-state index contributed by atoms with van der Waals surface area (Å²) in [7, 11) is 0. The molecule has 1 fully saturated rings. The predicted octanol–water partition coefficient (Wildman–Crippen LogP) is 4.26. The van der Waals surface area contributed by atoms with Crippen LogP contribution in [0.25, 0.3) is 0 Å². The van der Waals surface area contributed by atoms with Gasteiger partial charge in [0.05, 0.1) is 11.1 Å². The van der Waals surface area contributed by atoms with Crippen LogP contribution in [0.4, 0.5) is 13.2 Å². The molecule has 2 rings (SSSR count). The van der Waals surface area contributed by atoms with Crippen LogP contribution in [0, 0.1) is 0 Å². The van der Waals surface area contributed by atoms with Crippen molar-refractivity contribution in [2.45, 2.75) is 44.1 Å². The normalized spacial score (nSPS) is 24.3. The number of ether oxygens (including phenoxy) is 1. The first kappa shape index (κ1) is 14.5. The molecule has 0 spiro atoms. The Morgan fingerprint density at radius 3 is 2.32 bits per heavy atom. The van der Waals surface area contributed by atoms with E-state index in [0.29, 0.717) is 12.8 Å². The minimum Gasteiger partial charge on any atom is -0.404 e. The van der Waals surface area contributed by atoms with Crippen molar-refractivity contribution in [3.63, 3.8) is 0 Å². The van der Waals surface area contributed by atoms with Gasteiger partial charge in [0, 0.05) is 0 Å². The molecule has 0 heterocycles. The van der Waals surface area contributed by atoms with Gasteiger partial charge in [-0.3, -0.25) is 0 Å². The average molecular weight is 295 g/mol. The Kier molecular flexibility index (Phi) is 4.26. The van der Waals surface area contributed by atoms with Crippen molar-refractivity contribution in [2.75, 3.05) is 0 Å². The third kappa shape index (κ3) is 4.01. The molecule has 0 unspecified atom stereocenters. The lowest BCUT2D eigenvalue weighted by Gasteiger charge is -2.26. The third-order valence-corrected chi connectivity index (χ3v) is 3.65. The standard InChI is InChI=1S/C13H14ClF3O2/c14-11-7-9(8-1-4-10(18)5-2-8)3-6-12(11)19-13(15,16)17/h3,6-8,10,18H,1-2,4-5H2/t8-,10+. The summed E-state index contributed by atoms with van der Waals surface area (Å²) in [5.41, 5.74) is 0.895. The molecule has 0 amide bonds. The van der Waals surface area contributed by atoms with E-state index in [9.17, 15) is 18.3 Å². The molecule has 19 heavy (non-hydrogen) atoms. The number of aliphatic hydroxyl groups is 1. The first-order chi connectivity index (χ1) is 8.85. The van der Waals surface area contributed by atoms with Crippen LogP contribution in [0.5, 0.6) is 5.75 Å². The van der Waals surface area contributed by atoms with Gasteiger partial charge in [-0.15, -0.1) is 13.2 Å². The molecule has 1 aliphatic rings. The van der Waals surface area contributed by atoms with Gasteiger partial charge in [-0.05, 0) is 49.3 Å². The van der Waals surface area contributed by atoms with E-state index >= 15 is 0 Å². The van der Waals surface area contributed by atoms with Crippen molar-refractivity contribution in [1.29, 1.82) is 0 Å². The highest BCUT2D eigenvalue weighted by Gasteiger charge is 2.32. The second-order valence-corrected chi connectivity index (χ2v) is 5.15. The fraction of sp³-hybridized carbons (Fsp3) is 0.538. The smallest absolute Gasteiger partial charge is 0.404 e. The molecule has 1 N–H and O–H groups in total. The molecule has 1 aromatic carbocycles. The second-order valence-electron chi connectivity index (χ2n) is 4.74. The van der Waals surface area contributed by atoms with Crippen LogP contribution in [0.1, 0.15) is 37.2 Å². The molecule has 1 saturated carbocycles. The molecular weight excluding hydrogens is 281 g/mol. The molecule has 0 aliphatic heterocycles. The van der Waals surface area contributed by atoms with Gasteiger partial charge in [0.25, 0.3) is 0 Å². The number of rotatable bonds is 2. The van der Waals surface area contributed by atoms with E-state index in [1.165, 1.54) is 12.1 Å². The van der Waals surface area contributed by atoms with Gasteiger partial charge in [-0.2, -0.15) is 0 Å². The highest BCUT2D eigenvalue weighted by atomic mass is 35.5. The van der Waals surface area contributed by atoms with Gasteiger partial charge >= 0.3 is 6.36 Å². The summed E-state index contributed by atoms with van der Waals surface area (Å²) in [6.45, 7) is 0. The molecule has 106 valence electrons. The fourth-order valence-electron chi connectivity index (χ4n) is 2.39. The summed E-state index contributed by atoms with van der Waals surface area (Å²) in [5.74, 6) is -0.144. The number of aliphatic hydroxyl groups excluding tert-OH is 1. The van der Waals surface area contributed by atoms with Crippen molar-refractivity contribution >= 4 is 11.6 Å². The summed E-state index contributed by atoms with van der Waals surface area (Å²) in [4.78, 5) is 0. The van der Waals surface area contributed by atoms with Crippen LogP contribution in [-0.4, -0.2) is 17.6 Å². The van der Waals surface area contributed by atoms with E-state index in [0.717, 1.165) is 18.4 Å².